The number of carboxylic acid groups (broad SMARTS) is 1. The predicted octanol–water partition coefficient (Wildman–Crippen LogP) is 2.26. The first kappa shape index (κ1) is 12.5. The molecule has 1 N–H and O–H groups in total. The Morgan fingerprint density at radius 3 is 2.31 bits per heavy atom. The van der Waals surface area contributed by atoms with Crippen molar-refractivity contribution >= 4 is 5.97 Å². The zero-order chi connectivity index (χ0) is 12.5. The molecular formula is C11H18N2O3. The van der Waals surface area contributed by atoms with Gasteiger partial charge in [0, 0.05) is 6.04 Å². The first-order chi connectivity index (χ1) is 7.34. The van der Waals surface area contributed by atoms with Crippen LogP contribution >= 0.6 is 0 Å². The van der Waals surface area contributed by atoms with Crippen molar-refractivity contribution in [3.63, 3.8) is 0 Å². The van der Waals surface area contributed by atoms with E-state index in [4.69, 9.17) is 4.74 Å². The Balaban J connectivity index is 3.30. The third-order valence-corrected chi connectivity index (χ3v) is 2.08. The summed E-state index contributed by atoms with van der Waals surface area (Å²) in [7, 11) is 0. The summed E-state index contributed by atoms with van der Waals surface area (Å²) < 4.78 is 6.99. The van der Waals surface area contributed by atoms with Gasteiger partial charge < -0.3 is 9.84 Å². The van der Waals surface area contributed by atoms with E-state index in [2.05, 4.69) is 5.10 Å². The molecule has 0 fully saturated rings. The average Bonchev–Trinajstić information content (AvgIpc) is 2.43. The Morgan fingerprint density at radius 2 is 1.94 bits per heavy atom. The number of carboxylic acids is 1. The average molecular weight is 226 g/mol. The van der Waals surface area contributed by atoms with Gasteiger partial charge in [0.1, 0.15) is 5.69 Å². The van der Waals surface area contributed by atoms with Crippen molar-refractivity contribution in [2.24, 2.45) is 0 Å². The van der Waals surface area contributed by atoms with E-state index in [1.54, 1.807) is 6.92 Å². The number of rotatable bonds is 4. The van der Waals surface area contributed by atoms with E-state index >= 15 is 0 Å². The molecule has 0 atom stereocenters. The molecule has 1 heterocycles. The molecule has 0 bridgehead atoms. The van der Waals surface area contributed by atoms with Gasteiger partial charge in [-0.1, -0.05) is 0 Å². The number of ether oxygens (including phenoxy) is 1. The highest BCUT2D eigenvalue weighted by Gasteiger charge is 2.24. The zero-order valence-corrected chi connectivity index (χ0v) is 10.3. The van der Waals surface area contributed by atoms with Crippen LogP contribution < -0.4 is 4.74 Å². The molecule has 0 amide bonds. The van der Waals surface area contributed by atoms with Gasteiger partial charge in [0.15, 0.2) is 11.4 Å². The van der Waals surface area contributed by atoms with Crippen LogP contribution in [0.4, 0.5) is 0 Å². The van der Waals surface area contributed by atoms with Crippen LogP contribution in [0.1, 0.15) is 49.9 Å². The van der Waals surface area contributed by atoms with Crippen LogP contribution in [0.15, 0.2) is 0 Å². The number of aromatic nitrogens is 2. The van der Waals surface area contributed by atoms with Gasteiger partial charge in [-0.15, -0.1) is 0 Å². The standard InChI is InChI=1S/C11H18N2O3/c1-6(2)13-9(11(14)15)10(8(5)12-13)16-7(3)4/h6-7H,1-5H3,(H,14,15). The first-order valence-corrected chi connectivity index (χ1v) is 5.33. The van der Waals surface area contributed by atoms with Crippen molar-refractivity contribution in [3.8, 4) is 5.75 Å². The lowest BCUT2D eigenvalue weighted by molar-refractivity contribution is 0.0674. The fraction of sp³-hybridized carbons (Fsp3) is 0.636. The summed E-state index contributed by atoms with van der Waals surface area (Å²) >= 11 is 0. The van der Waals surface area contributed by atoms with Gasteiger partial charge in [0.05, 0.1) is 6.10 Å². The molecule has 90 valence electrons. The largest absolute Gasteiger partial charge is 0.486 e. The summed E-state index contributed by atoms with van der Waals surface area (Å²) in [6.45, 7) is 9.24. The Kier molecular flexibility index (Phi) is 3.57. The molecule has 0 spiro atoms. The molecule has 0 aliphatic heterocycles. The van der Waals surface area contributed by atoms with Crippen molar-refractivity contribution in [3.05, 3.63) is 11.4 Å². The van der Waals surface area contributed by atoms with E-state index in [9.17, 15) is 9.90 Å². The molecule has 0 aliphatic rings. The smallest absolute Gasteiger partial charge is 0.358 e. The molecule has 0 saturated carbocycles. The summed E-state index contributed by atoms with van der Waals surface area (Å²) in [5.74, 6) is -0.638. The maximum absolute atomic E-state index is 11.2. The van der Waals surface area contributed by atoms with Crippen molar-refractivity contribution < 1.29 is 14.6 Å². The van der Waals surface area contributed by atoms with E-state index in [0.29, 0.717) is 11.4 Å². The lowest BCUT2D eigenvalue weighted by Crippen LogP contribution is -2.14. The Labute approximate surface area is 95.0 Å². The summed E-state index contributed by atoms with van der Waals surface area (Å²) in [5, 5.41) is 13.4. The number of hydrogen-bond acceptors (Lipinski definition) is 3. The van der Waals surface area contributed by atoms with Crippen LogP contribution in [0.2, 0.25) is 0 Å². The predicted molar refractivity (Wildman–Crippen MR) is 60.1 cm³/mol. The molecule has 0 saturated heterocycles. The molecule has 16 heavy (non-hydrogen) atoms. The SMILES string of the molecule is Cc1nn(C(C)C)c(C(=O)O)c1OC(C)C. The van der Waals surface area contributed by atoms with Crippen molar-refractivity contribution in [2.75, 3.05) is 0 Å². The Bertz CT molecular complexity index is 394. The monoisotopic (exact) mass is 226 g/mol. The van der Waals surface area contributed by atoms with Gasteiger partial charge in [-0.25, -0.2) is 4.79 Å². The highest BCUT2D eigenvalue weighted by molar-refractivity contribution is 5.89. The number of aryl methyl sites for hydroxylation is 1. The fourth-order valence-electron chi connectivity index (χ4n) is 1.48. The normalized spacial score (nSPS) is 11.2. The minimum absolute atomic E-state index is 0.00527. The molecule has 5 heteroatoms. The summed E-state index contributed by atoms with van der Waals surface area (Å²) in [5.41, 5.74) is 0.737. The van der Waals surface area contributed by atoms with Gasteiger partial charge in [-0.3, -0.25) is 4.68 Å². The highest BCUT2D eigenvalue weighted by atomic mass is 16.5. The first-order valence-electron chi connectivity index (χ1n) is 5.33. The Hall–Kier alpha value is -1.52. The molecular weight excluding hydrogens is 208 g/mol. The third-order valence-electron chi connectivity index (χ3n) is 2.08. The van der Waals surface area contributed by atoms with Crippen LogP contribution in [0.5, 0.6) is 5.75 Å². The van der Waals surface area contributed by atoms with E-state index in [1.165, 1.54) is 4.68 Å². The van der Waals surface area contributed by atoms with Gasteiger partial charge >= 0.3 is 5.97 Å². The summed E-state index contributed by atoms with van der Waals surface area (Å²) in [4.78, 5) is 11.2. The molecule has 1 aromatic rings. The number of carbonyl (C=O) groups is 1. The second-order valence-corrected chi connectivity index (χ2v) is 4.27. The Morgan fingerprint density at radius 1 is 1.38 bits per heavy atom. The van der Waals surface area contributed by atoms with Crippen molar-refractivity contribution in [1.29, 1.82) is 0 Å². The zero-order valence-electron chi connectivity index (χ0n) is 10.3. The van der Waals surface area contributed by atoms with Gasteiger partial charge in [0.25, 0.3) is 0 Å². The van der Waals surface area contributed by atoms with E-state index in [1.807, 2.05) is 27.7 Å². The van der Waals surface area contributed by atoms with Crippen LogP contribution in [-0.4, -0.2) is 27.0 Å². The molecule has 1 rings (SSSR count). The van der Waals surface area contributed by atoms with Gasteiger partial charge in [-0.05, 0) is 34.6 Å². The molecule has 0 aliphatic carbocycles. The number of aromatic carboxylic acids is 1. The van der Waals surface area contributed by atoms with E-state index in [0.717, 1.165) is 0 Å². The van der Waals surface area contributed by atoms with Crippen LogP contribution in [0, 0.1) is 6.92 Å². The molecule has 0 aromatic carbocycles. The minimum atomic E-state index is -1.01. The topological polar surface area (TPSA) is 64.4 Å². The molecule has 0 radical (unpaired) electrons. The molecule has 0 unspecified atom stereocenters. The summed E-state index contributed by atoms with van der Waals surface area (Å²) in [6, 6.07) is -0.00527. The van der Waals surface area contributed by atoms with Crippen LogP contribution in [-0.2, 0) is 0 Å². The second kappa shape index (κ2) is 4.55. The molecule has 1 aromatic heterocycles. The molecule has 5 nitrogen and oxygen atoms in total. The minimum Gasteiger partial charge on any atom is -0.486 e. The fourth-order valence-corrected chi connectivity index (χ4v) is 1.48. The highest BCUT2D eigenvalue weighted by Crippen LogP contribution is 2.26. The number of hydrogen-bond donors (Lipinski definition) is 1. The number of nitrogens with zero attached hydrogens (tertiary/aromatic N) is 2. The lowest BCUT2D eigenvalue weighted by Gasteiger charge is -2.11. The quantitative estimate of drug-likeness (QED) is 0.855. The summed E-state index contributed by atoms with van der Waals surface area (Å²) in [6.07, 6.45) is -0.0680. The second-order valence-electron chi connectivity index (χ2n) is 4.27. The lowest BCUT2D eigenvalue weighted by atomic mass is 10.3. The van der Waals surface area contributed by atoms with Crippen LogP contribution in [0.25, 0.3) is 0 Å². The van der Waals surface area contributed by atoms with Crippen LogP contribution in [0.3, 0.4) is 0 Å². The van der Waals surface area contributed by atoms with E-state index < -0.39 is 5.97 Å². The maximum Gasteiger partial charge on any atom is 0.358 e. The van der Waals surface area contributed by atoms with E-state index in [-0.39, 0.29) is 17.8 Å². The van der Waals surface area contributed by atoms with Gasteiger partial charge in [-0.2, -0.15) is 5.10 Å². The van der Waals surface area contributed by atoms with Crippen molar-refractivity contribution in [2.45, 2.75) is 46.8 Å². The third kappa shape index (κ3) is 2.35. The maximum atomic E-state index is 11.2. The van der Waals surface area contributed by atoms with Gasteiger partial charge in [0.2, 0.25) is 0 Å². The van der Waals surface area contributed by atoms with Crippen molar-refractivity contribution in [1.82, 2.24) is 9.78 Å².